The summed E-state index contributed by atoms with van der Waals surface area (Å²) in [5.41, 5.74) is 0.796. The lowest BCUT2D eigenvalue weighted by Gasteiger charge is -2.17. The number of hydrogen-bond acceptors (Lipinski definition) is 2. The minimum atomic E-state index is 0.153. The van der Waals surface area contributed by atoms with Crippen molar-refractivity contribution < 1.29 is 9.90 Å². The summed E-state index contributed by atoms with van der Waals surface area (Å²) < 4.78 is 0. The second-order valence-electron chi connectivity index (χ2n) is 5.04. The van der Waals surface area contributed by atoms with Crippen LogP contribution >= 0.6 is 0 Å². The van der Waals surface area contributed by atoms with Gasteiger partial charge in [-0.2, -0.15) is 0 Å². The normalized spacial score (nSPS) is 10.4. The smallest absolute Gasteiger partial charge is 0.222 e. The number of rotatable bonds is 8. The Balaban J connectivity index is 2.31. The molecule has 0 radical (unpaired) electrons. The Morgan fingerprint density at radius 3 is 2.53 bits per heavy atom. The van der Waals surface area contributed by atoms with Gasteiger partial charge in [-0.25, -0.2) is 0 Å². The lowest BCUT2D eigenvalue weighted by atomic mass is 10.1. The first-order valence-electron chi connectivity index (χ1n) is 7.16. The van der Waals surface area contributed by atoms with Crippen molar-refractivity contribution in [3.05, 3.63) is 29.8 Å². The van der Waals surface area contributed by atoms with Gasteiger partial charge < -0.3 is 10.0 Å². The summed E-state index contributed by atoms with van der Waals surface area (Å²) in [6.07, 6.45) is 6.39. The molecule has 0 aliphatic rings. The number of phenols is 1. The van der Waals surface area contributed by atoms with E-state index in [0.717, 1.165) is 18.4 Å². The van der Waals surface area contributed by atoms with Gasteiger partial charge >= 0.3 is 0 Å². The molecule has 1 N–H and O–H groups in total. The maximum Gasteiger partial charge on any atom is 0.222 e. The van der Waals surface area contributed by atoms with Crippen LogP contribution < -0.4 is 0 Å². The van der Waals surface area contributed by atoms with E-state index in [1.807, 2.05) is 12.1 Å². The molecular formula is C16H25NO2. The van der Waals surface area contributed by atoms with Gasteiger partial charge in [-0.1, -0.05) is 50.8 Å². The highest BCUT2D eigenvalue weighted by Crippen LogP contribution is 2.17. The van der Waals surface area contributed by atoms with E-state index in [1.54, 1.807) is 24.1 Å². The summed E-state index contributed by atoms with van der Waals surface area (Å²) in [5, 5.41) is 9.68. The molecule has 0 saturated heterocycles. The number of aromatic hydroxyl groups is 1. The molecule has 0 aromatic heterocycles. The van der Waals surface area contributed by atoms with Crippen molar-refractivity contribution in [1.29, 1.82) is 0 Å². The fourth-order valence-corrected chi connectivity index (χ4v) is 2.06. The third-order valence-electron chi connectivity index (χ3n) is 3.32. The van der Waals surface area contributed by atoms with Crippen LogP contribution in [0.1, 0.15) is 51.0 Å². The molecule has 1 aromatic carbocycles. The van der Waals surface area contributed by atoms with E-state index in [9.17, 15) is 9.90 Å². The molecule has 106 valence electrons. The van der Waals surface area contributed by atoms with Gasteiger partial charge in [0.15, 0.2) is 0 Å². The Labute approximate surface area is 116 Å². The van der Waals surface area contributed by atoms with Gasteiger partial charge in [0.25, 0.3) is 0 Å². The highest BCUT2D eigenvalue weighted by atomic mass is 16.3. The minimum Gasteiger partial charge on any atom is -0.508 e. The average molecular weight is 263 g/mol. The second kappa shape index (κ2) is 8.57. The summed E-state index contributed by atoms with van der Waals surface area (Å²) >= 11 is 0. The number of amides is 1. The van der Waals surface area contributed by atoms with E-state index in [1.165, 1.54) is 19.3 Å². The maximum absolute atomic E-state index is 11.9. The summed E-state index contributed by atoms with van der Waals surface area (Å²) in [4.78, 5) is 13.6. The fraction of sp³-hybridized carbons (Fsp3) is 0.562. The Morgan fingerprint density at radius 2 is 1.84 bits per heavy atom. The van der Waals surface area contributed by atoms with Crippen LogP contribution in [0.4, 0.5) is 0 Å². The molecule has 0 bridgehead atoms. The third kappa shape index (κ3) is 5.77. The number of phenolic OH excluding ortho intramolecular Hbond substituents is 1. The molecule has 19 heavy (non-hydrogen) atoms. The molecule has 0 aliphatic carbocycles. The Hall–Kier alpha value is -1.51. The van der Waals surface area contributed by atoms with Crippen LogP contribution in [0.2, 0.25) is 0 Å². The molecule has 3 nitrogen and oxygen atoms in total. The summed E-state index contributed by atoms with van der Waals surface area (Å²) in [7, 11) is 1.79. The second-order valence-corrected chi connectivity index (χ2v) is 5.04. The van der Waals surface area contributed by atoms with E-state index in [4.69, 9.17) is 0 Å². The summed E-state index contributed by atoms with van der Waals surface area (Å²) in [6, 6.07) is 7.16. The van der Waals surface area contributed by atoms with Gasteiger partial charge in [-0.05, 0) is 12.5 Å². The minimum absolute atomic E-state index is 0.153. The van der Waals surface area contributed by atoms with Crippen LogP contribution in [0, 0.1) is 0 Å². The van der Waals surface area contributed by atoms with Crippen LogP contribution in [-0.2, 0) is 11.3 Å². The molecule has 1 aromatic rings. The lowest BCUT2D eigenvalue weighted by molar-refractivity contribution is -0.130. The van der Waals surface area contributed by atoms with Crippen molar-refractivity contribution in [3.63, 3.8) is 0 Å². The summed E-state index contributed by atoms with van der Waals surface area (Å²) in [6.45, 7) is 2.66. The number of benzene rings is 1. The quantitative estimate of drug-likeness (QED) is 0.726. The monoisotopic (exact) mass is 263 g/mol. The van der Waals surface area contributed by atoms with Gasteiger partial charge in [0.05, 0.1) is 0 Å². The Bertz CT molecular complexity index is 390. The average Bonchev–Trinajstić information content (AvgIpc) is 2.41. The van der Waals surface area contributed by atoms with Crippen LogP contribution in [0.3, 0.4) is 0 Å². The first kappa shape index (κ1) is 15.5. The summed E-state index contributed by atoms with van der Waals surface area (Å²) in [5.74, 6) is 0.407. The van der Waals surface area contributed by atoms with Crippen LogP contribution in [-0.4, -0.2) is 23.0 Å². The van der Waals surface area contributed by atoms with E-state index < -0.39 is 0 Å². The number of hydrogen-bond donors (Lipinski definition) is 1. The zero-order chi connectivity index (χ0) is 14.1. The number of unbranched alkanes of at least 4 members (excludes halogenated alkanes) is 4. The molecule has 1 rings (SSSR count). The molecule has 0 saturated carbocycles. The molecule has 0 unspecified atom stereocenters. The maximum atomic E-state index is 11.9. The van der Waals surface area contributed by atoms with Crippen LogP contribution in [0.5, 0.6) is 5.75 Å². The molecule has 0 atom stereocenters. The van der Waals surface area contributed by atoms with Gasteiger partial charge in [-0.3, -0.25) is 4.79 Å². The third-order valence-corrected chi connectivity index (χ3v) is 3.32. The number of para-hydroxylation sites is 1. The predicted molar refractivity (Wildman–Crippen MR) is 78.0 cm³/mol. The zero-order valence-corrected chi connectivity index (χ0v) is 12.1. The Morgan fingerprint density at radius 1 is 1.16 bits per heavy atom. The van der Waals surface area contributed by atoms with E-state index in [2.05, 4.69) is 6.92 Å². The number of carbonyl (C=O) groups is 1. The van der Waals surface area contributed by atoms with Crippen molar-refractivity contribution in [1.82, 2.24) is 4.90 Å². The Kier molecular flexibility index (Phi) is 7.01. The lowest BCUT2D eigenvalue weighted by Crippen LogP contribution is -2.25. The largest absolute Gasteiger partial charge is 0.508 e. The van der Waals surface area contributed by atoms with Gasteiger partial charge in [0.1, 0.15) is 5.75 Å². The molecule has 3 heteroatoms. The highest BCUT2D eigenvalue weighted by molar-refractivity contribution is 5.75. The topological polar surface area (TPSA) is 40.5 Å². The fourth-order valence-electron chi connectivity index (χ4n) is 2.06. The molecule has 0 spiro atoms. The molecule has 0 aliphatic heterocycles. The first-order chi connectivity index (χ1) is 9.15. The number of nitrogens with zero attached hydrogens (tertiary/aromatic N) is 1. The predicted octanol–water partition coefficient (Wildman–Crippen LogP) is 3.71. The molecule has 0 heterocycles. The molecule has 0 fully saturated rings. The molecular weight excluding hydrogens is 238 g/mol. The van der Waals surface area contributed by atoms with Gasteiger partial charge in [0.2, 0.25) is 5.91 Å². The van der Waals surface area contributed by atoms with Crippen molar-refractivity contribution in [2.75, 3.05) is 7.05 Å². The van der Waals surface area contributed by atoms with Gasteiger partial charge in [0, 0.05) is 25.6 Å². The van der Waals surface area contributed by atoms with Gasteiger partial charge in [-0.15, -0.1) is 0 Å². The highest BCUT2D eigenvalue weighted by Gasteiger charge is 2.10. The van der Waals surface area contributed by atoms with E-state index in [-0.39, 0.29) is 11.7 Å². The zero-order valence-electron chi connectivity index (χ0n) is 12.1. The van der Waals surface area contributed by atoms with Crippen molar-refractivity contribution >= 4 is 5.91 Å². The van der Waals surface area contributed by atoms with Crippen molar-refractivity contribution in [2.45, 2.75) is 52.0 Å². The van der Waals surface area contributed by atoms with Crippen molar-refractivity contribution in [2.24, 2.45) is 0 Å². The number of carbonyl (C=O) groups excluding carboxylic acids is 1. The van der Waals surface area contributed by atoms with Crippen LogP contribution in [0.25, 0.3) is 0 Å². The van der Waals surface area contributed by atoms with E-state index >= 15 is 0 Å². The van der Waals surface area contributed by atoms with Crippen LogP contribution in [0.15, 0.2) is 24.3 Å². The van der Waals surface area contributed by atoms with E-state index in [0.29, 0.717) is 13.0 Å². The first-order valence-corrected chi connectivity index (χ1v) is 7.16. The van der Waals surface area contributed by atoms with Crippen molar-refractivity contribution in [3.8, 4) is 5.75 Å². The molecule has 1 amide bonds. The SMILES string of the molecule is CCCCCCCC(=O)N(C)Cc1ccccc1O. The standard InChI is InChI=1S/C16H25NO2/c1-3-4-5-6-7-12-16(19)17(2)13-14-10-8-9-11-15(14)18/h8-11,18H,3-7,12-13H2,1-2H3.